The van der Waals surface area contributed by atoms with Crippen LogP contribution < -0.4 is 14.4 Å². The maximum absolute atomic E-state index is 12.8. The Morgan fingerprint density at radius 2 is 1.69 bits per heavy atom. The van der Waals surface area contributed by atoms with E-state index in [1.807, 2.05) is 24.3 Å². The number of hydrogen-bond acceptors (Lipinski definition) is 6. The molecular formula is C25H25F3N4O3. The number of nitrogens with zero attached hydrogens (tertiary/aromatic N) is 4. The van der Waals surface area contributed by atoms with Gasteiger partial charge in [-0.15, -0.1) is 0 Å². The predicted octanol–water partition coefficient (Wildman–Crippen LogP) is 4.21. The van der Waals surface area contributed by atoms with E-state index in [9.17, 15) is 18.0 Å². The van der Waals surface area contributed by atoms with E-state index in [1.165, 1.54) is 12.1 Å². The lowest BCUT2D eigenvalue weighted by atomic mass is 10.1. The van der Waals surface area contributed by atoms with Gasteiger partial charge in [0, 0.05) is 43.5 Å². The van der Waals surface area contributed by atoms with E-state index >= 15 is 0 Å². The van der Waals surface area contributed by atoms with Crippen molar-refractivity contribution in [2.75, 3.05) is 44.8 Å². The van der Waals surface area contributed by atoms with Crippen LogP contribution in [0.2, 0.25) is 0 Å². The van der Waals surface area contributed by atoms with Crippen molar-refractivity contribution in [3.8, 4) is 23.0 Å². The topological polar surface area (TPSA) is 67.8 Å². The van der Waals surface area contributed by atoms with Crippen molar-refractivity contribution in [1.29, 1.82) is 0 Å². The van der Waals surface area contributed by atoms with Crippen LogP contribution in [0.15, 0.2) is 54.6 Å². The largest absolute Gasteiger partial charge is 0.495 e. The molecular weight excluding hydrogens is 461 g/mol. The molecule has 4 rings (SSSR count). The van der Waals surface area contributed by atoms with Crippen LogP contribution in [0.5, 0.6) is 11.6 Å². The van der Waals surface area contributed by atoms with Crippen LogP contribution in [0.25, 0.3) is 11.4 Å². The van der Waals surface area contributed by atoms with Gasteiger partial charge in [-0.2, -0.15) is 18.2 Å². The van der Waals surface area contributed by atoms with E-state index in [1.54, 1.807) is 25.0 Å². The zero-order chi connectivity index (χ0) is 25.0. The zero-order valence-electron chi connectivity index (χ0n) is 19.4. The third-order valence-electron chi connectivity index (χ3n) is 5.70. The second-order valence-corrected chi connectivity index (χ2v) is 8.07. The van der Waals surface area contributed by atoms with Crippen LogP contribution in [0.4, 0.5) is 18.9 Å². The Labute approximate surface area is 201 Å². The first-order chi connectivity index (χ1) is 16.7. The smallest absolute Gasteiger partial charge is 0.416 e. The first-order valence-corrected chi connectivity index (χ1v) is 11.1. The number of amides is 1. The number of halogens is 3. The van der Waals surface area contributed by atoms with Crippen molar-refractivity contribution in [1.82, 2.24) is 14.9 Å². The molecule has 3 aromatic rings. The summed E-state index contributed by atoms with van der Waals surface area (Å²) in [7, 11) is 1.63. The molecule has 35 heavy (non-hydrogen) atoms. The Bertz CT molecular complexity index is 1180. The van der Waals surface area contributed by atoms with Gasteiger partial charge in [0.1, 0.15) is 5.75 Å². The Morgan fingerprint density at radius 3 is 2.34 bits per heavy atom. The fourth-order valence-electron chi connectivity index (χ4n) is 3.87. The standard InChI is InChI=1S/C25H25F3N4O3/c1-17-15-22(30-24(29-17)18-7-9-19(10-8-18)25(26,27)28)35-16-23(33)32-13-11-31(12-14-32)20-5-3-4-6-21(20)34-2/h3-10,15H,11-14,16H2,1-2H3. The van der Waals surface area contributed by atoms with Gasteiger partial charge in [-0.1, -0.05) is 24.3 Å². The van der Waals surface area contributed by atoms with Gasteiger partial charge in [0.25, 0.3) is 5.91 Å². The van der Waals surface area contributed by atoms with E-state index < -0.39 is 11.7 Å². The highest BCUT2D eigenvalue weighted by molar-refractivity contribution is 5.78. The van der Waals surface area contributed by atoms with Crippen LogP contribution in [-0.2, 0) is 11.0 Å². The quantitative estimate of drug-likeness (QED) is 0.520. The lowest BCUT2D eigenvalue weighted by Crippen LogP contribution is -2.50. The highest BCUT2D eigenvalue weighted by Gasteiger charge is 2.30. The highest BCUT2D eigenvalue weighted by atomic mass is 19.4. The summed E-state index contributed by atoms with van der Waals surface area (Å²) in [5, 5.41) is 0. The van der Waals surface area contributed by atoms with Crippen LogP contribution in [0.3, 0.4) is 0 Å². The lowest BCUT2D eigenvalue weighted by molar-refractivity contribution is -0.137. The molecule has 1 amide bonds. The molecule has 7 nitrogen and oxygen atoms in total. The molecule has 0 radical (unpaired) electrons. The van der Waals surface area contributed by atoms with Crippen LogP contribution in [0.1, 0.15) is 11.3 Å². The normalized spacial score (nSPS) is 14.1. The van der Waals surface area contributed by atoms with Crippen molar-refractivity contribution >= 4 is 11.6 Å². The fraction of sp³-hybridized carbons (Fsp3) is 0.320. The number of aromatic nitrogens is 2. The van der Waals surface area contributed by atoms with Crippen LogP contribution in [-0.4, -0.2) is 60.7 Å². The molecule has 1 fully saturated rings. The van der Waals surface area contributed by atoms with Crippen molar-refractivity contribution in [3.05, 3.63) is 65.9 Å². The monoisotopic (exact) mass is 486 g/mol. The number of methoxy groups -OCH3 is 1. The molecule has 0 bridgehead atoms. The number of rotatable bonds is 6. The van der Waals surface area contributed by atoms with Gasteiger partial charge >= 0.3 is 6.18 Å². The van der Waals surface area contributed by atoms with Gasteiger partial charge in [0.2, 0.25) is 5.88 Å². The number of carbonyl (C=O) groups is 1. The van der Waals surface area contributed by atoms with Crippen molar-refractivity contribution in [2.45, 2.75) is 13.1 Å². The number of hydrogen-bond donors (Lipinski definition) is 0. The van der Waals surface area contributed by atoms with E-state index in [2.05, 4.69) is 14.9 Å². The molecule has 0 N–H and O–H groups in total. The van der Waals surface area contributed by atoms with Gasteiger partial charge in [-0.05, 0) is 31.2 Å². The van der Waals surface area contributed by atoms with Gasteiger partial charge in [0.15, 0.2) is 12.4 Å². The first kappa shape index (κ1) is 24.3. The summed E-state index contributed by atoms with van der Waals surface area (Å²) in [6, 6.07) is 13.9. The minimum atomic E-state index is -4.42. The third-order valence-corrected chi connectivity index (χ3v) is 5.70. The average Bonchev–Trinajstić information content (AvgIpc) is 2.86. The summed E-state index contributed by atoms with van der Waals surface area (Å²) in [4.78, 5) is 25.2. The Morgan fingerprint density at radius 1 is 1.00 bits per heavy atom. The Balaban J connectivity index is 1.36. The van der Waals surface area contributed by atoms with Crippen molar-refractivity contribution in [3.63, 3.8) is 0 Å². The molecule has 1 aliphatic rings. The summed E-state index contributed by atoms with van der Waals surface area (Å²) in [6.07, 6.45) is -4.42. The first-order valence-electron chi connectivity index (χ1n) is 11.1. The number of carbonyl (C=O) groups excluding carboxylic acids is 1. The molecule has 1 aromatic heterocycles. The maximum Gasteiger partial charge on any atom is 0.416 e. The van der Waals surface area contributed by atoms with Crippen molar-refractivity contribution in [2.24, 2.45) is 0 Å². The summed E-state index contributed by atoms with van der Waals surface area (Å²) in [5.74, 6) is 1.04. The minimum Gasteiger partial charge on any atom is -0.495 e. The van der Waals surface area contributed by atoms with Crippen LogP contribution >= 0.6 is 0 Å². The van der Waals surface area contributed by atoms with Gasteiger partial charge in [-0.25, -0.2) is 4.98 Å². The number of piperazine rings is 1. The molecule has 1 saturated heterocycles. The van der Waals surface area contributed by atoms with Crippen molar-refractivity contribution < 1.29 is 27.4 Å². The summed E-state index contributed by atoms with van der Waals surface area (Å²) in [6.45, 7) is 3.94. The Hall–Kier alpha value is -3.82. The molecule has 0 saturated carbocycles. The molecule has 0 spiro atoms. The molecule has 2 aromatic carbocycles. The number of para-hydroxylation sites is 2. The zero-order valence-corrected chi connectivity index (χ0v) is 19.4. The minimum absolute atomic E-state index is 0.169. The second-order valence-electron chi connectivity index (χ2n) is 8.07. The summed E-state index contributed by atoms with van der Waals surface area (Å²) < 4.78 is 49.5. The van der Waals surface area contributed by atoms with Gasteiger partial charge < -0.3 is 19.3 Å². The van der Waals surface area contributed by atoms with Gasteiger partial charge in [0.05, 0.1) is 18.4 Å². The van der Waals surface area contributed by atoms with Crippen LogP contribution in [0, 0.1) is 6.92 Å². The Kier molecular flexibility index (Phi) is 7.09. The van der Waals surface area contributed by atoms with E-state index in [-0.39, 0.29) is 24.2 Å². The highest BCUT2D eigenvalue weighted by Crippen LogP contribution is 2.31. The number of ether oxygens (including phenoxy) is 2. The SMILES string of the molecule is COc1ccccc1N1CCN(C(=O)COc2cc(C)nc(-c3ccc(C(F)(F)F)cc3)n2)CC1. The lowest BCUT2D eigenvalue weighted by Gasteiger charge is -2.36. The predicted molar refractivity (Wildman–Crippen MR) is 124 cm³/mol. The number of aryl methyl sites for hydroxylation is 1. The van der Waals surface area contributed by atoms with E-state index in [0.717, 1.165) is 23.6 Å². The molecule has 0 atom stereocenters. The number of anilines is 1. The fourth-order valence-corrected chi connectivity index (χ4v) is 3.87. The van der Waals surface area contributed by atoms with E-state index in [4.69, 9.17) is 9.47 Å². The summed E-state index contributed by atoms with van der Waals surface area (Å²) >= 11 is 0. The molecule has 0 unspecified atom stereocenters. The summed E-state index contributed by atoms with van der Waals surface area (Å²) in [5.41, 5.74) is 1.24. The molecule has 0 aliphatic carbocycles. The van der Waals surface area contributed by atoms with Gasteiger partial charge in [-0.3, -0.25) is 4.79 Å². The average molecular weight is 486 g/mol. The second kappa shape index (κ2) is 10.2. The molecule has 1 aliphatic heterocycles. The number of alkyl halides is 3. The number of benzene rings is 2. The van der Waals surface area contributed by atoms with E-state index in [0.29, 0.717) is 37.4 Å². The maximum atomic E-state index is 12.8. The molecule has 2 heterocycles. The third kappa shape index (κ3) is 5.82. The molecule has 10 heteroatoms. The molecule has 184 valence electrons.